The van der Waals surface area contributed by atoms with Crippen molar-refractivity contribution < 1.29 is 9.53 Å². The molecule has 0 aliphatic carbocycles. The number of morpholine rings is 1. The molecule has 3 aliphatic rings. The van der Waals surface area contributed by atoms with Crippen LogP contribution in [0.2, 0.25) is 0 Å². The molecule has 3 rings (SSSR count). The van der Waals surface area contributed by atoms with Crippen molar-refractivity contribution in [3.05, 3.63) is 0 Å². The highest BCUT2D eigenvalue weighted by atomic mass is 127. The second-order valence-electron chi connectivity index (χ2n) is 7.11. The minimum Gasteiger partial charge on any atom is -0.379 e. The molecule has 26 heavy (non-hydrogen) atoms. The van der Waals surface area contributed by atoms with Crippen LogP contribution in [0.5, 0.6) is 0 Å². The highest BCUT2D eigenvalue weighted by molar-refractivity contribution is 14.0. The summed E-state index contributed by atoms with van der Waals surface area (Å²) in [5.41, 5.74) is 0. The first-order valence-electron chi connectivity index (χ1n) is 9.90. The van der Waals surface area contributed by atoms with Crippen molar-refractivity contribution in [3.63, 3.8) is 0 Å². The lowest BCUT2D eigenvalue weighted by molar-refractivity contribution is -0.129. The lowest BCUT2D eigenvalue weighted by Gasteiger charge is -2.32. The zero-order chi connectivity index (χ0) is 17.5. The smallest absolute Gasteiger partial charge is 0.224 e. The number of nitrogens with zero attached hydrogens (tertiary/aromatic N) is 4. The van der Waals surface area contributed by atoms with E-state index in [-0.39, 0.29) is 29.9 Å². The van der Waals surface area contributed by atoms with Crippen LogP contribution in [0.4, 0.5) is 0 Å². The van der Waals surface area contributed by atoms with Crippen LogP contribution >= 0.6 is 24.0 Å². The molecule has 0 saturated carbocycles. The van der Waals surface area contributed by atoms with Crippen molar-refractivity contribution in [1.29, 1.82) is 0 Å². The Kier molecular flexibility index (Phi) is 9.41. The van der Waals surface area contributed by atoms with E-state index >= 15 is 0 Å². The summed E-state index contributed by atoms with van der Waals surface area (Å²) >= 11 is 0. The molecule has 1 atom stereocenters. The fourth-order valence-corrected chi connectivity index (χ4v) is 3.98. The van der Waals surface area contributed by atoms with Crippen LogP contribution in [0.1, 0.15) is 32.6 Å². The van der Waals surface area contributed by atoms with Gasteiger partial charge in [0, 0.05) is 58.3 Å². The van der Waals surface area contributed by atoms with Gasteiger partial charge in [0.2, 0.25) is 5.91 Å². The molecule has 7 nitrogen and oxygen atoms in total. The van der Waals surface area contributed by atoms with E-state index < -0.39 is 0 Å². The molecule has 1 amide bonds. The van der Waals surface area contributed by atoms with E-state index in [9.17, 15) is 4.79 Å². The maximum absolute atomic E-state index is 12.2. The summed E-state index contributed by atoms with van der Waals surface area (Å²) in [6.45, 7) is 11.2. The third-order valence-corrected chi connectivity index (χ3v) is 5.41. The number of ether oxygens (including phenoxy) is 1. The summed E-state index contributed by atoms with van der Waals surface area (Å²) in [5, 5.41) is 3.40. The molecule has 0 aromatic heterocycles. The Balaban J connectivity index is 0.00000243. The van der Waals surface area contributed by atoms with Crippen molar-refractivity contribution in [2.45, 2.75) is 38.6 Å². The third kappa shape index (κ3) is 5.95. The molecular weight excluding hydrogens is 445 g/mol. The number of hydrogen-bond donors (Lipinski definition) is 1. The molecule has 3 heterocycles. The first-order valence-corrected chi connectivity index (χ1v) is 9.90. The standard InChI is InChI=1S/C18H33N5O2.HI/c1-2-19-18(20-7-5-17(24)22-8-3-4-9-22)23-10-6-16(15-23)21-11-13-25-14-12-21;/h16H,2-15H2,1H3,(H,19,20);1H. The molecule has 3 aliphatic heterocycles. The minimum absolute atomic E-state index is 0. The molecule has 0 radical (unpaired) electrons. The average molecular weight is 479 g/mol. The Morgan fingerprint density at radius 1 is 1.12 bits per heavy atom. The number of guanidine groups is 1. The van der Waals surface area contributed by atoms with E-state index in [2.05, 4.69) is 22.0 Å². The largest absolute Gasteiger partial charge is 0.379 e. The van der Waals surface area contributed by atoms with Crippen LogP contribution in [0, 0.1) is 0 Å². The van der Waals surface area contributed by atoms with Gasteiger partial charge in [0.15, 0.2) is 5.96 Å². The first-order chi connectivity index (χ1) is 12.3. The summed E-state index contributed by atoms with van der Waals surface area (Å²) in [6.07, 6.45) is 4.00. The van der Waals surface area contributed by atoms with Crippen LogP contribution in [-0.4, -0.2) is 98.2 Å². The number of nitrogens with one attached hydrogen (secondary N) is 1. The zero-order valence-electron chi connectivity index (χ0n) is 16.0. The highest BCUT2D eigenvalue weighted by Gasteiger charge is 2.30. The van der Waals surface area contributed by atoms with Crippen LogP contribution in [0.3, 0.4) is 0 Å². The normalized spacial score (nSPS) is 24.7. The average Bonchev–Trinajstić information content (AvgIpc) is 3.33. The molecule has 0 aromatic rings. The van der Waals surface area contributed by atoms with Gasteiger partial charge in [0.05, 0.1) is 19.8 Å². The Hall–Kier alpha value is -0.610. The fourth-order valence-electron chi connectivity index (χ4n) is 3.98. The molecule has 3 fully saturated rings. The second kappa shape index (κ2) is 11.3. The molecule has 8 heteroatoms. The van der Waals surface area contributed by atoms with Gasteiger partial charge < -0.3 is 19.9 Å². The van der Waals surface area contributed by atoms with Crippen molar-refractivity contribution >= 4 is 35.8 Å². The number of halogens is 1. The van der Waals surface area contributed by atoms with Crippen molar-refractivity contribution in [2.75, 3.05) is 65.6 Å². The highest BCUT2D eigenvalue weighted by Crippen LogP contribution is 2.17. The SMILES string of the molecule is CCNC(=NCCC(=O)N1CCCC1)N1CCC(N2CCOCC2)C1.I. The van der Waals surface area contributed by atoms with E-state index in [0.717, 1.165) is 77.8 Å². The van der Waals surface area contributed by atoms with Gasteiger partial charge in [0.25, 0.3) is 0 Å². The molecule has 1 N–H and O–H groups in total. The van der Waals surface area contributed by atoms with Gasteiger partial charge in [-0.05, 0) is 26.2 Å². The topological polar surface area (TPSA) is 60.4 Å². The van der Waals surface area contributed by atoms with Crippen molar-refractivity contribution in [2.24, 2.45) is 4.99 Å². The maximum atomic E-state index is 12.2. The summed E-state index contributed by atoms with van der Waals surface area (Å²) in [7, 11) is 0. The Labute approximate surface area is 174 Å². The Morgan fingerprint density at radius 2 is 1.85 bits per heavy atom. The van der Waals surface area contributed by atoms with Crippen LogP contribution in [0.15, 0.2) is 4.99 Å². The number of carbonyl (C=O) groups excluding carboxylic acids is 1. The van der Waals surface area contributed by atoms with E-state index in [1.165, 1.54) is 6.42 Å². The molecule has 0 aromatic carbocycles. The van der Waals surface area contributed by atoms with Crippen LogP contribution < -0.4 is 5.32 Å². The number of carbonyl (C=O) groups is 1. The van der Waals surface area contributed by atoms with E-state index in [4.69, 9.17) is 9.73 Å². The molecule has 150 valence electrons. The summed E-state index contributed by atoms with van der Waals surface area (Å²) in [5.74, 6) is 1.22. The van der Waals surface area contributed by atoms with E-state index in [1.54, 1.807) is 0 Å². The van der Waals surface area contributed by atoms with Gasteiger partial charge in [-0.1, -0.05) is 0 Å². The molecular formula is C18H34IN5O2. The quantitative estimate of drug-likeness (QED) is 0.362. The Morgan fingerprint density at radius 3 is 2.54 bits per heavy atom. The molecule has 1 unspecified atom stereocenters. The predicted molar refractivity (Wildman–Crippen MR) is 114 cm³/mol. The minimum atomic E-state index is 0. The van der Waals surface area contributed by atoms with Gasteiger partial charge in [-0.2, -0.15) is 0 Å². The van der Waals surface area contributed by atoms with Crippen molar-refractivity contribution in [1.82, 2.24) is 20.0 Å². The number of hydrogen-bond acceptors (Lipinski definition) is 4. The molecule has 3 saturated heterocycles. The number of likely N-dealkylation sites (tertiary alicyclic amines) is 2. The lowest BCUT2D eigenvalue weighted by Crippen LogP contribution is -2.46. The van der Waals surface area contributed by atoms with Crippen LogP contribution in [-0.2, 0) is 9.53 Å². The summed E-state index contributed by atoms with van der Waals surface area (Å²) in [6, 6.07) is 0.596. The predicted octanol–water partition coefficient (Wildman–Crippen LogP) is 0.989. The monoisotopic (exact) mass is 479 g/mol. The van der Waals surface area contributed by atoms with Gasteiger partial charge in [0.1, 0.15) is 0 Å². The number of rotatable bonds is 5. The Bertz CT molecular complexity index is 464. The number of amides is 1. The molecule has 0 bridgehead atoms. The van der Waals surface area contributed by atoms with E-state index in [0.29, 0.717) is 19.0 Å². The van der Waals surface area contributed by atoms with Gasteiger partial charge in [-0.25, -0.2) is 0 Å². The summed E-state index contributed by atoms with van der Waals surface area (Å²) < 4.78 is 5.46. The maximum Gasteiger partial charge on any atom is 0.224 e. The first kappa shape index (κ1) is 21.7. The van der Waals surface area contributed by atoms with Gasteiger partial charge >= 0.3 is 0 Å². The number of aliphatic imine (C=N–C) groups is 1. The second-order valence-corrected chi connectivity index (χ2v) is 7.11. The summed E-state index contributed by atoms with van der Waals surface area (Å²) in [4.78, 5) is 23.8. The van der Waals surface area contributed by atoms with Gasteiger partial charge in [-0.15, -0.1) is 24.0 Å². The fraction of sp³-hybridized carbons (Fsp3) is 0.889. The lowest BCUT2D eigenvalue weighted by atomic mass is 10.2. The van der Waals surface area contributed by atoms with E-state index in [1.807, 2.05) is 4.90 Å². The molecule has 0 spiro atoms. The van der Waals surface area contributed by atoms with Crippen molar-refractivity contribution in [3.8, 4) is 0 Å². The zero-order valence-corrected chi connectivity index (χ0v) is 18.3. The van der Waals surface area contributed by atoms with Gasteiger partial charge in [-0.3, -0.25) is 14.7 Å². The third-order valence-electron chi connectivity index (χ3n) is 5.41. The van der Waals surface area contributed by atoms with Crippen LogP contribution in [0.25, 0.3) is 0 Å².